The number of halogens is 1. The Balaban J connectivity index is 1.49. The normalized spacial score (nSPS) is 20.2. The van der Waals surface area contributed by atoms with E-state index < -0.39 is 41.2 Å². The number of nitrogens with one attached hydrogen (secondary N) is 1. The van der Waals surface area contributed by atoms with E-state index in [1.807, 2.05) is 0 Å². The van der Waals surface area contributed by atoms with Crippen LogP contribution in [0.25, 0.3) is 0 Å². The van der Waals surface area contributed by atoms with Gasteiger partial charge >= 0.3 is 5.97 Å². The van der Waals surface area contributed by atoms with Gasteiger partial charge in [-0.25, -0.2) is 4.39 Å². The summed E-state index contributed by atoms with van der Waals surface area (Å²) in [5.74, 6) is -3.45. The topological polar surface area (TPSA) is 96.0 Å². The van der Waals surface area contributed by atoms with Gasteiger partial charge in [0.15, 0.2) is 6.10 Å². The van der Waals surface area contributed by atoms with Crippen LogP contribution in [-0.2, 0) is 23.9 Å². The standard InChI is InChI=1S/C24H24FN3O5/c1-14(21(30)28-19-11-7-5-9-17(19)26-23(32)24(28,2)3)33-22(31)15-12-20(29)27(13-15)18-10-6-4-8-16(18)25/h4-11,14-15H,12-13H2,1-3H3,(H,26,32)/t14-,15+/m1/s1. The van der Waals surface area contributed by atoms with Crippen LogP contribution < -0.4 is 15.1 Å². The predicted octanol–water partition coefficient (Wildman–Crippen LogP) is 2.87. The molecule has 1 saturated heterocycles. The van der Waals surface area contributed by atoms with Crippen molar-refractivity contribution in [1.82, 2.24) is 0 Å². The summed E-state index contributed by atoms with van der Waals surface area (Å²) in [4.78, 5) is 53.6. The van der Waals surface area contributed by atoms with E-state index in [9.17, 15) is 23.6 Å². The van der Waals surface area contributed by atoms with Gasteiger partial charge < -0.3 is 15.0 Å². The summed E-state index contributed by atoms with van der Waals surface area (Å²) in [7, 11) is 0. The number of carbonyl (C=O) groups is 4. The summed E-state index contributed by atoms with van der Waals surface area (Å²) in [6.07, 6.45) is -1.34. The molecule has 0 bridgehead atoms. The highest BCUT2D eigenvalue weighted by Crippen LogP contribution is 2.37. The molecule has 0 unspecified atom stereocenters. The van der Waals surface area contributed by atoms with Crippen molar-refractivity contribution in [2.24, 2.45) is 5.92 Å². The van der Waals surface area contributed by atoms with E-state index in [1.165, 1.54) is 34.9 Å². The molecule has 8 nitrogen and oxygen atoms in total. The first-order chi connectivity index (χ1) is 15.6. The Hall–Kier alpha value is -3.75. The maximum Gasteiger partial charge on any atom is 0.312 e. The van der Waals surface area contributed by atoms with Crippen LogP contribution >= 0.6 is 0 Å². The van der Waals surface area contributed by atoms with Crippen LogP contribution in [0, 0.1) is 11.7 Å². The van der Waals surface area contributed by atoms with Crippen molar-refractivity contribution in [3.05, 3.63) is 54.3 Å². The number of ether oxygens (including phenoxy) is 1. The average molecular weight is 453 g/mol. The summed E-state index contributed by atoms with van der Waals surface area (Å²) in [5.41, 5.74) is -0.135. The molecular weight excluding hydrogens is 429 g/mol. The smallest absolute Gasteiger partial charge is 0.312 e. The van der Waals surface area contributed by atoms with Crippen LogP contribution in [0.4, 0.5) is 21.5 Å². The fraction of sp³-hybridized carbons (Fsp3) is 0.333. The Morgan fingerprint density at radius 1 is 1.09 bits per heavy atom. The maximum atomic E-state index is 14.1. The molecule has 1 fully saturated rings. The molecule has 2 aromatic carbocycles. The molecule has 33 heavy (non-hydrogen) atoms. The molecule has 2 atom stereocenters. The van der Waals surface area contributed by atoms with Crippen LogP contribution in [0.3, 0.4) is 0 Å². The zero-order valence-corrected chi connectivity index (χ0v) is 18.5. The van der Waals surface area contributed by atoms with Crippen LogP contribution in [-0.4, -0.2) is 41.9 Å². The second kappa shape index (κ2) is 8.31. The van der Waals surface area contributed by atoms with Crippen LogP contribution in [0.1, 0.15) is 27.2 Å². The van der Waals surface area contributed by atoms with Crippen molar-refractivity contribution in [1.29, 1.82) is 0 Å². The van der Waals surface area contributed by atoms with Gasteiger partial charge in [-0.15, -0.1) is 0 Å². The van der Waals surface area contributed by atoms with Crippen molar-refractivity contribution in [3.8, 4) is 0 Å². The lowest BCUT2D eigenvalue weighted by atomic mass is 9.95. The molecule has 0 radical (unpaired) electrons. The van der Waals surface area contributed by atoms with Gasteiger partial charge in [0, 0.05) is 13.0 Å². The number of carbonyl (C=O) groups excluding carboxylic acids is 4. The van der Waals surface area contributed by atoms with E-state index in [4.69, 9.17) is 4.74 Å². The zero-order valence-electron chi connectivity index (χ0n) is 18.5. The first kappa shape index (κ1) is 22.4. The largest absolute Gasteiger partial charge is 0.452 e. The molecule has 0 saturated carbocycles. The van der Waals surface area contributed by atoms with Gasteiger partial charge in [-0.05, 0) is 45.0 Å². The summed E-state index contributed by atoms with van der Waals surface area (Å²) in [5, 5.41) is 2.78. The van der Waals surface area contributed by atoms with Crippen LogP contribution in [0.5, 0.6) is 0 Å². The number of rotatable bonds is 4. The zero-order chi connectivity index (χ0) is 23.9. The minimum Gasteiger partial charge on any atom is -0.452 e. The number of para-hydroxylation sites is 3. The first-order valence-electron chi connectivity index (χ1n) is 10.6. The molecule has 0 spiro atoms. The minimum absolute atomic E-state index is 0.0417. The third kappa shape index (κ3) is 3.94. The molecule has 2 aliphatic rings. The lowest BCUT2D eigenvalue weighted by Crippen LogP contribution is -2.60. The Labute approximate surface area is 190 Å². The fourth-order valence-electron chi connectivity index (χ4n) is 4.12. The molecule has 0 aromatic heterocycles. The number of anilines is 3. The molecule has 9 heteroatoms. The van der Waals surface area contributed by atoms with Crippen molar-refractivity contribution in [2.45, 2.75) is 38.8 Å². The van der Waals surface area contributed by atoms with Crippen molar-refractivity contribution in [2.75, 3.05) is 21.7 Å². The SMILES string of the molecule is C[C@@H](OC(=O)[C@H]1CC(=O)N(c2ccccc2F)C1)C(=O)N1c2ccccc2NC(=O)C1(C)C. The molecule has 3 amide bonds. The Morgan fingerprint density at radius 2 is 1.73 bits per heavy atom. The van der Waals surface area contributed by atoms with Crippen molar-refractivity contribution in [3.63, 3.8) is 0 Å². The number of fused-ring (bicyclic) bond motifs is 1. The number of benzene rings is 2. The molecule has 1 N–H and O–H groups in total. The molecule has 2 aromatic rings. The van der Waals surface area contributed by atoms with Gasteiger partial charge in [0.2, 0.25) is 11.8 Å². The van der Waals surface area contributed by atoms with Crippen molar-refractivity contribution < 1.29 is 28.3 Å². The highest BCUT2D eigenvalue weighted by Gasteiger charge is 2.46. The molecule has 4 rings (SSSR count). The third-order valence-corrected chi connectivity index (χ3v) is 5.97. The average Bonchev–Trinajstić information content (AvgIpc) is 3.16. The van der Waals surface area contributed by atoms with Gasteiger partial charge in [0.05, 0.1) is 23.0 Å². The van der Waals surface area contributed by atoms with Crippen LogP contribution in [0.2, 0.25) is 0 Å². The summed E-state index contributed by atoms with van der Waals surface area (Å²) in [6, 6.07) is 12.7. The Morgan fingerprint density at radius 3 is 2.42 bits per heavy atom. The molecule has 2 aliphatic heterocycles. The Bertz CT molecular complexity index is 1150. The first-order valence-corrected chi connectivity index (χ1v) is 10.6. The van der Waals surface area contributed by atoms with Gasteiger partial charge in [-0.2, -0.15) is 0 Å². The van der Waals surface area contributed by atoms with Crippen molar-refractivity contribution >= 4 is 40.8 Å². The summed E-state index contributed by atoms with van der Waals surface area (Å²) < 4.78 is 19.5. The number of nitrogens with zero attached hydrogens (tertiary/aromatic N) is 2. The second-order valence-electron chi connectivity index (χ2n) is 8.64. The van der Waals surface area contributed by atoms with E-state index in [0.717, 1.165) is 0 Å². The monoisotopic (exact) mass is 453 g/mol. The molecule has 2 heterocycles. The molecule has 172 valence electrons. The van der Waals surface area contributed by atoms with E-state index >= 15 is 0 Å². The van der Waals surface area contributed by atoms with Gasteiger partial charge in [0.1, 0.15) is 11.4 Å². The highest BCUT2D eigenvalue weighted by atomic mass is 19.1. The number of hydrogen-bond acceptors (Lipinski definition) is 5. The fourth-order valence-corrected chi connectivity index (χ4v) is 4.12. The lowest BCUT2D eigenvalue weighted by Gasteiger charge is -2.42. The van der Waals surface area contributed by atoms with Gasteiger partial charge in [0.25, 0.3) is 5.91 Å². The third-order valence-electron chi connectivity index (χ3n) is 5.97. The quantitative estimate of drug-likeness (QED) is 0.719. The molecule has 0 aliphatic carbocycles. The van der Waals surface area contributed by atoms with E-state index in [-0.39, 0.29) is 24.6 Å². The van der Waals surface area contributed by atoms with Gasteiger partial charge in [-0.3, -0.25) is 24.1 Å². The molecular formula is C24H24FN3O5. The van der Waals surface area contributed by atoms with E-state index in [0.29, 0.717) is 11.4 Å². The minimum atomic E-state index is -1.21. The van der Waals surface area contributed by atoms with Crippen LogP contribution in [0.15, 0.2) is 48.5 Å². The maximum absolute atomic E-state index is 14.1. The second-order valence-corrected chi connectivity index (χ2v) is 8.64. The predicted molar refractivity (Wildman–Crippen MR) is 119 cm³/mol. The van der Waals surface area contributed by atoms with Gasteiger partial charge in [-0.1, -0.05) is 24.3 Å². The Kier molecular flexibility index (Phi) is 5.65. The van der Waals surface area contributed by atoms with E-state index in [1.54, 1.807) is 44.2 Å². The summed E-state index contributed by atoms with van der Waals surface area (Å²) >= 11 is 0. The number of hydrogen-bond donors (Lipinski definition) is 1. The highest BCUT2D eigenvalue weighted by molar-refractivity contribution is 6.15. The lowest BCUT2D eigenvalue weighted by molar-refractivity contribution is -0.158. The number of esters is 1. The van der Waals surface area contributed by atoms with E-state index in [2.05, 4.69) is 5.32 Å². The number of amides is 3. The summed E-state index contributed by atoms with van der Waals surface area (Å²) in [6.45, 7) is 4.59.